The van der Waals surface area contributed by atoms with E-state index in [1.54, 1.807) is 20.8 Å². The standard InChI is InChI=1S/C15H19FN2O3/c1-9(2)15(3,14(17)20)18-8-11-10(13(19)21-4)6-5-7-12(11)16/h5-9H,1-4H3,(H2,17,20)/b18-8+. The number of aliphatic imine (C=N–C) groups is 1. The zero-order valence-electron chi connectivity index (χ0n) is 12.5. The Bertz CT molecular complexity index is 584. The lowest BCUT2D eigenvalue weighted by Crippen LogP contribution is -2.44. The molecule has 1 atom stereocenters. The van der Waals surface area contributed by atoms with Crippen LogP contribution in [0.25, 0.3) is 0 Å². The fourth-order valence-corrected chi connectivity index (χ4v) is 1.65. The molecule has 0 fully saturated rings. The predicted octanol–water partition coefficient (Wildman–Crippen LogP) is 1.93. The Morgan fingerprint density at radius 3 is 2.52 bits per heavy atom. The molecule has 1 aromatic rings. The number of hydrogen-bond donors (Lipinski definition) is 1. The van der Waals surface area contributed by atoms with E-state index in [1.165, 1.54) is 25.3 Å². The van der Waals surface area contributed by atoms with Crippen LogP contribution >= 0.6 is 0 Å². The number of carbonyl (C=O) groups excluding carboxylic acids is 2. The number of primary amides is 1. The summed E-state index contributed by atoms with van der Waals surface area (Å²) in [5, 5.41) is 0. The van der Waals surface area contributed by atoms with Gasteiger partial charge in [0, 0.05) is 11.8 Å². The number of methoxy groups -OCH3 is 1. The molecule has 1 amide bonds. The van der Waals surface area contributed by atoms with E-state index in [4.69, 9.17) is 5.73 Å². The van der Waals surface area contributed by atoms with Gasteiger partial charge in [-0.2, -0.15) is 0 Å². The van der Waals surface area contributed by atoms with E-state index in [0.29, 0.717) is 0 Å². The van der Waals surface area contributed by atoms with Crippen molar-refractivity contribution in [3.63, 3.8) is 0 Å². The van der Waals surface area contributed by atoms with Gasteiger partial charge in [-0.3, -0.25) is 9.79 Å². The molecule has 5 nitrogen and oxygen atoms in total. The normalized spacial score (nSPS) is 14.2. The molecule has 0 saturated carbocycles. The van der Waals surface area contributed by atoms with Crippen molar-refractivity contribution < 1.29 is 18.7 Å². The first-order valence-electron chi connectivity index (χ1n) is 6.46. The molecular weight excluding hydrogens is 275 g/mol. The van der Waals surface area contributed by atoms with Crippen molar-refractivity contribution in [3.05, 3.63) is 35.1 Å². The van der Waals surface area contributed by atoms with E-state index >= 15 is 0 Å². The SMILES string of the molecule is COC(=O)c1cccc(F)c1/C=N/C(C)(C(N)=O)C(C)C. The molecule has 1 aromatic carbocycles. The summed E-state index contributed by atoms with van der Waals surface area (Å²) in [5.41, 5.74) is 4.18. The Morgan fingerprint density at radius 1 is 1.43 bits per heavy atom. The summed E-state index contributed by atoms with van der Waals surface area (Å²) >= 11 is 0. The maximum Gasteiger partial charge on any atom is 0.338 e. The van der Waals surface area contributed by atoms with Crippen LogP contribution in [0.4, 0.5) is 4.39 Å². The second-order valence-electron chi connectivity index (χ2n) is 5.12. The average Bonchev–Trinajstić information content (AvgIpc) is 2.43. The molecule has 0 spiro atoms. The quantitative estimate of drug-likeness (QED) is 0.665. The fourth-order valence-electron chi connectivity index (χ4n) is 1.65. The van der Waals surface area contributed by atoms with E-state index in [9.17, 15) is 14.0 Å². The summed E-state index contributed by atoms with van der Waals surface area (Å²) in [6.07, 6.45) is 1.16. The third-order valence-corrected chi connectivity index (χ3v) is 3.54. The van der Waals surface area contributed by atoms with Gasteiger partial charge in [-0.15, -0.1) is 0 Å². The first-order chi connectivity index (χ1) is 9.74. The molecule has 1 rings (SSSR count). The van der Waals surface area contributed by atoms with Gasteiger partial charge >= 0.3 is 5.97 Å². The van der Waals surface area contributed by atoms with Crippen molar-refractivity contribution >= 4 is 18.1 Å². The highest BCUT2D eigenvalue weighted by molar-refractivity contribution is 6.00. The van der Waals surface area contributed by atoms with Gasteiger partial charge in [0.1, 0.15) is 11.4 Å². The largest absolute Gasteiger partial charge is 0.465 e. The zero-order chi connectivity index (χ0) is 16.2. The second kappa shape index (κ2) is 6.47. The first-order valence-corrected chi connectivity index (χ1v) is 6.46. The van der Waals surface area contributed by atoms with Crippen LogP contribution in [0.2, 0.25) is 0 Å². The lowest BCUT2D eigenvalue weighted by molar-refractivity contribution is -0.123. The molecule has 0 heterocycles. The monoisotopic (exact) mass is 294 g/mol. The van der Waals surface area contributed by atoms with E-state index < -0.39 is 23.2 Å². The predicted molar refractivity (Wildman–Crippen MR) is 77.8 cm³/mol. The second-order valence-corrected chi connectivity index (χ2v) is 5.12. The van der Waals surface area contributed by atoms with Crippen molar-refractivity contribution in [2.45, 2.75) is 26.3 Å². The number of hydrogen-bond acceptors (Lipinski definition) is 4. The van der Waals surface area contributed by atoms with E-state index in [-0.39, 0.29) is 17.0 Å². The Balaban J connectivity index is 3.33. The number of halogens is 1. The molecule has 0 aliphatic heterocycles. The number of nitrogens with two attached hydrogens (primary N) is 1. The smallest absolute Gasteiger partial charge is 0.338 e. The zero-order valence-corrected chi connectivity index (χ0v) is 12.5. The van der Waals surface area contributed by atoms with Gasteiger partial charge in [-0.25, -0.2) is 9.18 Å². The molecule has 0 aliphatic rings. The van der Waals surface area contributed by atoms with E-state index in [0.717, 1.165) is 6.21 Å². The van der Waals surface area contributed by atoms with E-state index in [2.05, 4.69) is 9.73 Å². The molecule has 1 unspecified atom stereocenters. The summed E-state index contributed by atoms with van der Waals surface area (Å²) in [6, 6.07) is 4.02. The van der Waals surface area contributed by atoms with Gasteiger partial charge in [0.2, 0.25) is 5.91 Å². The number of benzene rings is 1. The minimum Gasteiger partial charge on any atom is -0.465 e. The molecule has 0 aromatic heterocycles. The van der Waals surface area contributed by atoms with Crippen LogP contribution in [0.5, 0.6) is 0 Å². The highest BCUT2D eigenvalue weighted by atomic mass is 19.1. The molecule has 0 saturated heterocycles. The molecule has 114 valence electrons. The van der Waals surface area contributed by atoms with Crippen LogP contribution in [0, 0.1) is 11.7 Å². The summed E-state index contributed by atoms with van der Waals surface area (Å²) < 4.78 is 18.5. The highest BCUT2D eigenvalue weighted by Crippen LogP contribution is 2.22. The molecule has 2 N–H and O–H groups in total. The third-order valence-electron chi connectivity index (χ3n) is 3.54. The molecule has 0 bridgehead atoms. The number of rotatable bonds is 5. The highest BCUT2D eigenvalue weighted by Gasteiger charge is 2.33. The topological polar surface area (TPSA) is 81.8 Å². The van der Waals surface area contributed by atoms with Gasteiger partial charge in [0.25, 0.3) is 0 Å². The molecule has 0 aliphatic carbocycles. The van der Waals surface area contributed by atoms with E-state index in [1.807, 2.05) is 0 Å². The van der Waals surface area contributed by atoms with Gasteiger partial charge in [0.15, 0.2) is 0 Å². The van der Waals surface area contributed by atoms with Crippen LogP contribution in [0.3, 0.4) is 0 Å². The number of nitrogens with zero attached hydrogens (tertiary/aromatic N) is 1. The maximum atomic E-state index is 13.9. The first kappa shape index (κ1) is 16.8. The van der Waals surface area contributed by atoms with Crippen LogP contribution in [0.15, 0.2) is 23.2 Å². The van der Waals surface area contributed by atoms with Crippen molar-refractivity contribution in [1.82, 2.24) is 0 Å². The summed E-state index contributed by atoms with van der Waals surface area (Å²) in [7, 11) is 1.20. The van der Waals surface area contributed by atoms with Crippen LogP contribution in [-0.2, 0) is 9.53 Å². The van der Waals surface area contributed by atoms with Crippen LogP contribution in [0.1, 0.15) is 36.7 Å². The Kier molecular flexibility index (Phi) is 5.18. The fraction of sp³-hybridized carbons (Fsp3) is 0.400. The van der Waals surface area contributed by atoms with Crippen molar-refractivity contribution in [3.8, 4) is 0 Å². The van der Waals surface area contributed by atoms with Gasteiger partial charge < -0.3 is 10.5 Å². The average molecular weight is 294 g/mol. The summed E-state index contributed by atoms with van der Waals surface area (Å²) in [4.78, 5) is 27.3. The summed E-state index contributed by atoms with van der Waals surface area (Å²) in [6.45, 7) is 5.13. The lowest BCUT2D eigenvalue weighted by atomic mass is 9.88. The van der Waals surface area contributed by atoms with Gasteiger partial charge in [0.05, 0.1) is 12.7 Å². The molecular formula is C15H19FN2O3. The molecule has 0 radical (unpaired) electrons. The minimum atomic E-state index is -1.18. The van der Waals surface area contributed by atoms with Crippen LogP contribution in [-0.4, -0.2) is 30.7 Å². The van der Waals surface area contributed by atoms with Gasteiger partial charge in [-0.05, 0) is 25.0 Å². The number of carbonyl (C=O) groups is 2. The number of amides is 1. The van der Waals surface area contributed by atoms with Crippen LogP contribution < -0.4 is 5.73 Å². The number of ether oxygens (including phenoxy) is 1. The molecule has 21 heavy (non-hydrogen) atoms. The van der Waals surface area contributed by atoms with Crippen molar-refractivity contribution in [1.29, 1.82) is 0 Å². The Hall–Kier alpha value is -2.24. The molecule has 6 heteroatoms. The maximum absolute atomic E-state index is 13.9. The van der Waals surface area contributed by atoms with Crippen molar-refractivity contribution in [2.24, 2.45) is 16.6 Å². The minimum absolute atomic E-state index is 0.0301. The lowest BCUT2D eigenvalue weighted by Gasteiger charge is -2.25. The Morgan fingerprint density at radius 2 is 2.05 bits per heavy atom. The van der Waals surface area contributed by atoms with Gasteiger partial charge in [-0.1, -0.05) is 19.9 Å². The summed E-state index contributed by atoms with van der Waals surface area (Å²) in [5.74, 6) is -2.11. The Labute approximate surface area is 123 Å². The number of esters is 1. The van der Waals surface area contributed by atoms with Crippen molar-refractivity contribution in [2.75, 3.05) is 7.11 Å². The third kappa shape index (κ3) is 3.45.